The second-order valence-electron chi connectivity index (χ2n) is 6.31. The van der Waals surface area contributed by atoms with E-state index in [0.29, 0.717) is 46.1 Å². The van der Waals surface area contributed by atoms with Gasteiger partial charge in [-0.2, -0.15) is 0 Å². The second-order valence-corrected chi connectivity index (χ2v) is 8.20. The van der Waals surface area contributed by atoms with E-state index in [9.17, 15) is 14.7 Å². The number of ether oxygens (including phenoxy) is 3. The number of rotatable bonds is 9. The number of carbonyl (C=O) groups excluding carboxylic acids is 2. The fourth-order valence-corrected chi connectivity index (χ4v) is 4.35. The number of benzene rings is 1. The lowest BCUT2D eigenvalue weighted by molar-refractivity contribution is -0.138. The number of hydrogen-bond acceptors (Lipinski definition) is 7. The van der Waals surface area contributed by atoms with Gasteiger partial charge in [-0.1, -0.05) is 18.7 Å². The molecule has 0 bridgehead atoms. The minimum absolute atomic E-state index is 0.0995. The second kappa shape index (κ2) is 12.0. The molecule has 7 nitrogen and oxygen atoms in total. The van der Waals surface area contributed by atoms with Gasteiger partial charge < -0.3 is 19.3 Å². The Bertz CT molecular complexity index is 938. The van der Waals surface area contributed by atoms with Crippen LogP contribution in [0.5, 0.6) is 11.5 Å². The fourth-order valence-electron chi connectivity index (χ4n) is 2.74. The highest BCUT2D eigenvalue weighted by molar-refractivity contribution is 9.10. The third-order valence-electron chi connectivity index (χ3n) is 3.98. The zero-order chi connectivity index (χ0) is 23.0. The molecule has 168 valence electrons. The normalized spacial score (nSPS) is 16.2. The Morgan fingerprint density at radius 2 is 1.84 bits per heavy atom. The van der Waals surface area contributed by atoms with Crippen molar-refractivity contribution in [3.63, 3.8) is 0 Å². The summed E-state index contributed by atoms with van der Waals surface area (Å²) < 4.78 is 17.1. The molecule has 0 spiro atoms. The zero-order valence-corrected chi connectivity index (χ0v) is 20.4. The van der Waals surface area contributed by atoms with Gasteiger partial charge in [-0.25, -0.2) is 9.79 Å². The Morgan fingerprint density at radius 3 is 2.45 bits per heavy atom. The average Bonchev–Trinajstić information content (AvgIpc) is 3.00. The van der Waals surface area contributed by atoms with Crippen molar-refractivity contribution in [3.8, 4) is 11.5 Å². The van der Waals surface area contributed by atoms with E-state index in [-0.39, 0.29) is 35.3 Å². The van der Waals surface area contributed by atoms with Gasteiger partial charge in [0, 0.05) is 6.42 Å². The monoisotopic (exact) mass is 511 g/mol. The number of nitrogens with zero attached hydrogens (tertiary/aromatic N) is 1. The van der Waals surface area contributed by atoms with Crippen molar-refractivity contribution in [2.45, 2.75) is 40.5 Å². The van der Waals surface area contributed by atoms with Crippen LogP contribution in [-0.2, 0) is 14.3 Å². The molecular weight excluding hydrogens is 486 g/mol. The van der Waals surface area contributed by atoms with E-state index >= 15 is 0 Å². The molecular formula is C22H26BrNO6S. The summed E-state index contributed by atoms with van der Waals surface area (Å²) in [6.45, 7) is 8.36. The molecule has 0 unspecified atom stereocenters. The molecule has 31 heavy (non-hydrogen) atoms. The Hall–Kier alpha value is -2.26. The van der Waals surface area contributed by atoms with Crippen LogP contribution in [0.25, 0.3) is 6.08 Å². The van der Waals surface area contributed by atoms with Crippen LogP contribution in [0.1, 0.15) is 46.1 Å². The van der Waals surface area contributed by atoms with Crippen LogP contribution in [0, 0.1) is 0 Å². The zero-order valence-electron chi connectivity index (χ0n) is 18.0. The summed E-state index contributed by atoms with van der Waals surface area (Å²) in [4.78, 5) is 28.8. The summed E-state index contributed by atoms with van der Waals surface area (Å²) in [5.74, 6) is -0.209. The van der Waals surface area contributed by atoms with Gasteiger partial charge in [-0.05, 0) is 66.9 Å². The summed E-state index contributed by atoms with van der Waals surface area (Å²) in [6, 6.07) is 3.59. The highest BCUT2D eigenvalue weighted by Gasteiger charge is 2.33. The quantitative estimate of drug-likeness (QED) is 0.441. The van der Waals surface area contributed by atoms with Crippen LogP contribution in [0.15, 0.2) is 37.8 Å². The van der Waals surface area contributed by atoms with Crippen LogP contribution in [0.4, 0.5) is 0 Å². The number of esters is 1. The first-order chi connectivity index (χ1) is 14.9. The average molecular weight is 512 g/mol. The van der Waals surface area contributed by atoms with Crippen molar-refractivity contribution >= 4 is 50.7 Å². The van der Waals surface area contributed by atoms with Gasteiger partial charge >= 0.3 is 5.97 Å². The van der Waals surface area contributed by atoms with E-state index in [1.54, 1.807) is 19.1 Å². The first-order valence-electron chi connectivity index (χ1n) is 10.1. The molecule has 0 aromatic heterocycles. The summed E-state index contributed by atoms with van der Waals surface area (Å²) in [5, 5.41) is 10.9. The largest absolute Gasteiger partial charge is 0.506 e. The molecule has 9 heteroatoms. The number of aliphatic hydroxyl groups is 1. The van der Waals surface area contributed by atoms with Crippen molar-refractivity contribution in [2.24, 2.45) is 4.99 Å². The molecule has 1 aliphatic rings. The summed E-state index contributed by atoms with van der Waals surface area (Å²) in [5.41, 5.74) is 0.606. The van der Waals surface area contributed by atoms with Crippen molar-refractivity contribution in [1.82, 2.24) is 0 Å². The molecule has 0 fully saturated rings. The fraction of sp³-hybridized carbons (Fsp3) is 0.409. The predicted molar refractivity (Wildman–Crippen MR) is 126 cm³/mol. The molecule has 1 aliphatic heterocycles. The minimum atomic E-state index is -0.721. The summed E-state index contributed by atoms with van der Waals surface area (Å²) in [6.07, 6.45) is 2.58. The lowest BCUT2D eigenvalue weighted by atomic mass is 10.1. The lowest BCUT2D eigenvalue weighted by Crippen LogP contribution is -2.14. The van der Waals surface area contributed by atoms with Gasteiger partial charge in [-0.3, -0.25) is 4.79 Å². The summed E-state index contributed by atoms with van der Waals surface area (Å²) in [7, 11) is 0. The molecule has 1 aromatic carbocycles. The maximum absolute atomic E-state index is 12.4. The Kier molecular flexibility index (Phi) is 9.64. The summed E-state index contributed by atoms with van der Waals surface area (Å²) >= 11 is 4.54. The van der Waals surface area contributed by atoms with E-state index in [1.807, 2.05) is 26.8 Å². The molecule has 1 amide bonds. The van der Waals surface area contributed by atoms with E-state index in [1.165, 1.54) is 0 Å². The number of amides is 1. The topological polar surface area (TPSA) is 94.4 Å². The number of hydrogen-bond donors (Lipinski definition) is 1. The highest BCUT2D eigenvalue weighted by Crippen LogP contribution is 2.42. The molecule has 0 atom stereocenters. The minimum Gasteiger partial charge on any atom is -0.506 e. The van der Waals surface area contributed by atoms with Crippen molar-refractivity contribution < 1.29 is 28.9 Å². The SMILES string of the molecule is CCCC(=O)N=C1S/C(=C\c2cc(Br)c(OCC)c(OCC)c2)C(O)=C1C(=O)OCC. The lowest BCUT2D eigenvalue weighted by Gasteiger charge is -2.13. The first-order valence-corrected chi connectivity index (χ1v) is 11.7. The van der Waals surface area contributed by atoms with E-state index < -0.39 is 5.97 Å². The smallest absolute Gasteiger partial charge is 0.344 e. The highest BCUT2D eigenvalue weighted by atomic mass is 79.9. The third kappa shape index (κ3) is 6.36. The Morgan fingerprint density at radius 1 is 1.13 bits per heavy atom. The van der Waals surface area contributed by atoms with Crippen LogP contribution >= 0.6 is 27.7 Å². The van der Waals surface area contributed by atoms with Gasteiger partial charge in [0.25, 0.3) is 0 Å². The van der Waals surface area contributed by atoms with Crippen LogP contribution in [0.3, 0.4) is 0 Å². The molecule has 0 radical (unpaired) electrons. The van der Waals surface area contributed by atoms with Crippen molar-refractivity contribution in [3.05, 3.63) is 38.4 Å². The van der Waals surface area contributed by atoms with E-state index in [2.05, 4.69) is 20.9 Å². The number of aliphatic imine (C=N–C) groups is 1. The van der Waals surface area contributed by atoms with Crippen molar-refractivity contribution in [1.29, 1.82) is 0 Å². The maximum Gasteiger partial charge on any atom is 0.344 e. The predicted octanol–water partition coefficient (Wildman–Crippen LogP) is 5.43. The van der Waals surface area contributed by atoms with Gasteiger partial charge in [0.1, 0.15) is 16.4 Å². The number of thioether (sulfide) groups is 1. The maximum atomic E-state index is 12.4. The van der Waals surface area contributed by atoms with Crippen molar-refractivity contribution in [2.75, 3.05) is 19.8 Å². The molecule has 2 rings (SSSR count). The van der Waals surface area contributed by atoms with E-state index in [4.69, 9.17) is 14.2 Å². The first kappa shape index (κ1) is 25.0. The molecule has 1 heterocycles. The Balaban J connectivity index is 2.52. The molecule has 0 saturated heterocycles. The van der Waals surface area contributed by atoms with Gasteiger partial charge in [0.05, 0.1) is 29.2 Å². The van der Waals surface area contributed by atoms with Crippen LogP contribution < -0.4 is 9.47 Å². The third-order valence-corrected chi connectivity index (χ3v) is 5.59. The number of carbonyl (C=O) groups is 2. The number of halogens is 1. The van der Waals surface area contributed by atoms with Gasteiger partial charge in [0.2, 0.25) is 5.91 Å². The Labute approximate surface area is 194 Å². The standard InChI is InChI=1S/C22H26BrNO6S/c1-5-9-17(25)24-21-18(22(27)30-8-4)19(26)16(31-21)12-13-10-14(23)20(29-7-3)15(11-13)28-6-2/h10-12,26H,5-9H2,1-4H3/b16-12-,24-21?. The molecule has 1 aromatic rings. The van der Waals surface area contributed by atoms with Crippen LogP contribution in [0.2, 0.25) is 0 Å². The van der Waals surface area contributed by atoms with Gasteiger partial charge in [-0.15, -0.1) is 0 Å². The molecule has 1 N–H and O–H groups in total. The molecule has 0 aliphatic carbocycles. The molecule has 0 saturated carbocycles. The van der Waals surface area contributed by atoms with Crippen LogP contribution in [-0.4, -0.2) is 41.8 Å². The number of aliphatic hydroxyl groups excluding tert-OH is 1. The van der Waals surface area contributed by atoms with Gasteiger partial charge in [0.15, 0.2) is 11.5 Å². The van der Waals surface area contributed by atoms with E-state index in [0.717, 1.165) is 11.8 Å².